The smallest absolute Gasteiger partial charge is 0.0191 e. The minimum atomic E-state index is 1.16. The zero-order chi connectivity index (χ0) is 16.5. The topological polar surface area (TPSA) is 0 Å². The van der Waals surface area contributed by atoms with E-state index in [1.165, 1.54) is 4.91 Å². The molecule has 0 bridgehead atoms. The molecule has 22 heavy (non-hydrogen) atoms. The Bertz CT molecular complexity index is 451. The van der Waals surface area contributed by atoms with Crippen molar-refractivity contribution in [2.45, 2.75) is 13.8 Å². The molecule has 0 nitrogen and oxygen atoms in total. The van der Waals surface area contributed by atoms with E-state index in [0.717, 1.165) is 4.91 Å². The lowest BCUT2D eigenvalue weighted by atomic mass is 10.4. The third kappa shape index (κ3) is 13.9. The van der Waals surface area contributed by atoms with Crippen LogP contribution in [0.25, 0.3) is 0 Å². The molecule has 0 fully saturated rings. The van der Waals surface area contributed by atoms with Crippen molar-refractivity contribution >= 4 is 60.9 Å². The van der Waals surface area contributed by atoms with Crippen molar-refractivity contribution < 1.29 is 0 Å². The molecule has 0 radical (unpaired) electrons. The highest BCUT2D eigenvalue weighted by molar-refractivity contribution is 9.42. The van der Waals surface area contributed by atoms with Crippen LogP contribution in [0.4, 0.5) is 0 Å². The van der Waals surface area contributed by atoms with Crippen LogP contribution < -0.4 is 0 Å². The van der Waals surface area contributed by atoms with Gasteiger partial charge in [-0.25, -0.2) is 0 Å². The fourth-order valence-electron chi connectivity index (χ4n) is 0.986. The summed E-state index contributed by atoms with van der Waals surface area (Å²) in [7, 11) is 10.5. The Labute approximate surface area is 157 Å². The third-order valence-corrected chi connectivity index (χ3v) is 12.3. The first-order valence-electron chi connectivity index (χ1n) is 6.37. The molecule has 120 valence electrons. The van der Waals surface area contributed by atoms with Gasteiger partial charge in [0.2, 0.25) is 0 Å². The van der Waals surface area contributed by atoms with Gasteiger partial charge >= 0.3 is 0 Å². The molecule has 0 saturated heterocycles. The van der Waals surface area contributed by atoms with E-state index in [4.69, 9.17) is 0 Å². The highest BCUT2D eigenvalue weighted by Crippen LogP contribution is 2.55. The van der Waals surface area contributed by atoms with Gasteiger partial charge in [-0.15, -0.1) is 0 Å². The lowest BCUT2D eigenvalue weighted by Gasteiger charge is -2.01. The standard InChI is InChI=1S/C16H20S6/c1-5-9-13-15(11-7-3)17-19-21-22-20-18-16(12-8-4)14-10-6-2/h5-14H,1,3H2,2,4H3/b10-6-,12-8-,13-9-,15-11+,16-14+. The second-order valence-electron chi connectivity index (χ2n) is 3.43. The number of allylic oxidation sites excluding steroid dienone is 10. The van der Waals surface area contributed by atoms with Crippen LogP contribution in [0.15, 0.2) is 83.7 Å². The molecule has 6 heteroatoms. The first kappa shape index (κ1) is 22.3. The number of rotatable bonds is 12. The molecule has 0 aromatic carbocycles. The summed E-state index contributed by atoms with van der Waals surface area (Å²) in [5.74, 6) is 0. The average molecular weight is 405 g/mol. The molecular formula is C16H20S6. The van der Waals surface area contributed by atoms with Crippen molar-refractivity contribution in [1.82, 2.24) is 0 Å². The molecular weight excluding hydrogens is 385 g/mol. The van der Waals surface area contributed by atoms with Crippen LogP contribution in [0.3, 0.4) is 0 Å². The van der Waals surface area contributed by atoms with Crippen molar-refractivity contribution in [3.63, 3.8) is 0 Å². The van der Waals surface area contributed by atoms with Crippen LogP contribution in [0.1, 0.15) is 13.8 Å². The molecule has 0 N–H and O–H groups in total. The first-order chi connectivity index (χ1) is 10.8. The molecule has 0 rings (SSSR count). The van der Waals surface area contributed by atoms with Crippen molar-refractivity contribution in [1.29, 1.82) is 0 Å². The van der Waals surface area contributed by atoms with Gasteiger partial charge in [0.05, 0.1) is 0 Å². The van der Waals surface area contributed by atoms with Gasteiger partial charge in [0, 0.05) is 9.81 Å². The second-order valence-corrected chi connectivity index (χ2v) is 12.8. The Kier molecular flexibility index (Phi) is 17.9. The van der Waals surface area contributed by atoms with Gasteiger partial charge in [-0.2, -0.15) is 0 Å². The summed E-state index contributed by atoms with van der Waals surface area (Å²) >= 11 is 0. The summed E-state index contributed by atoms with van der Waals surface area (Å²) in [6.45, 7) is 11.5. The maximum absolute atomic E-state index is 3.73. The van der Waals surface area contributed by atoms with Gasteiger partial charge in [0.25, 0.3) is 0 Å². The monoisotopic (exact) mass is 404 g/mol. The molecule has 0 atom stereocenters. The van der Waals surface area contributed by atoms with Gasteiger partial charge < -0.3 is 0 Å². The molecule has 0 amide bonds. The molecule has 0 aromatic rings. The van der Waals surface area contributed by atoms with E-state index in [1.807, 2.05) is 38.2 Å². The number of hydrogen-bond donors (Lipinski definition) is 0. The highest BCUT2D eigenvalue weighted by Gasteiger charge is 1.99. The molecule has 0 heterocycles. The zero-order valence-corrected chi connectivity index (χ0v) is 17.5. The quantitative estimate of drug-likeness (QED) is 0.180. The van der Waals surface area contributed by atoms with E-state index in [0.29, 0.717) is 0 Å². The Hall–Kier alpha value is 0.280. The molecule has 0 spiro atoms. The summed E-state index contributed by atoms with van der Waals surface area (Å²) in [5, 5.41) is 0. The van der Waals surface area contributed by atoms with Crippen LogP contribution in [0, 0.1) is 0 Å². The molecule has 0 saturated carbocycles. The summed E-state index contributed by atoms with van der Waals surface area (Å²) in [5.41, 5.74) is 0. The normalized spacial score (nSPS) is 13.5. The Morgan fingerprint density at radius 1 is 0.682 bits per heavy atom. The molecule has 0 aliphatic carbocycles. The fourth-order valence-corrected chi connectivity index (χ4v) is 12.0. The van der Waals surface area contributed by atoms with Gasteiger partial charge in [0.15, 0.2) is 0 Å². The van der Waals surface area contributed by atoms with Crippen molar-refractivity contribution in [3.05, 3.63) is 83.7 Å². The van der Waals surface area contributed by atoms with E-state index in [-0.39, 0.29) is 0 Å². The van der Waals surface area contributed by atoms with E-state index in [1.54, 1.807) is 73.0 Å². The summed E-state index contributed by atoms with van der Waals surface area (Å²) in [6.07, 6.45) is 19.9. The summed E-state index contributed by atoms with van der Waals surface area (Å²) in [6, 6.07) is 0. The van der Waals surface area contributed by atoms with Crippen LogP contribution in [-0.4, -0.2) is 0 Å². The maximum Gasteiger partial charge on any atom is 0.0191 e. The summed E-state index contributed by atoms with van der Waals surface area (Å²) in [4.78, 5) is 2.41. The van der Waals surface area contributed by atoms with Crippen molar-refractivity contribution in [3.8, 4) is 0 Å². The second kappa shape index (κ2) is 17.6. The van der Waals surface area contributed by atoms with Gasteiger partial charge in [-0.3, -0.25) is 0 Å². The van der Waals surface area contributed by atoms with Crippen LogP contribution >= 0.6 is 60.9 Å². The van der Waals surface area contributed by atoms with Crippen molar-refractivity contribution in [2.24, 2.45) is 0 Å². The lowest BCUT2D eigenvalue weighted by molar-refractivity contribution is 1.69. The molecule has 0 aliphatic heterocycles. The highest BCUT2D eigenvalue weighted by atomic mass is 33.9. The van der Waals surface area contributed by atoms with Crippen molar-refractivity contribution in [2.75, 3.05) is 0 Å². The predicted molar refractivity (Wildman–Crippen MR) is 121 cm³/mol. The molecule has 0 unspecified atom stereocenters. The minimum absolute atomic E-state index is 1.16. The van der Waals surface area contributed by atoms with Gasteiger partial charge in [-0.05, 0) is 93.0 Å². The minimum Gasteiger partial charge on any atom is -0.0991 e. The van der Waals surface area contributed by atoms with E-state index >= 15 is 0 Å². The fraction of sp³-hybridized carbons (Fsp3) is 0.125. The first-order valence-corrected chi connectivity index (χ1v) is 13.9. The Morgan fingerprint density at radius 3 is 1.82 bits per heavy atom. The number of hydrogen-bond acceptors (Lipinski definition) is 6. The van der Waals surface area contributed by atoms with Crippen LogP contribution in [-0.2, 0) is 0 Å². The maximum atomic E-state index is 3.73. The molecule has 0 aromatic heterocycles. The van der Waals surface area contributed by atoms with E-state index in [2.05, 4.69) is 37.5 Å². The van der Waals surface area contributed by atoms with Gasteiger partial charge in [-0.1, -0.05) is 55.7 Å². The average Bonchev–Trinajstić information content (AvgIpc) is 2.53. The van der Waals surface area contributed by atoms with Crippen LogP contribution in [0.2, 0.25) is 0 Å². The lowest BCUT2D eigenvalue weighted by Crippen LogP contribution is -1.64. The Morgan fingerprint density at radius 2 is 1.32 bits per heavy atom. The SMILES string of the molecule is C=C/C=C\C(=C/C=C)SSSSSSC(/C=C\C)=C/C=C\C. The summed E-state index contributed by atoms with van der Waals surface area (Å²) < 4.78 is 0. The predicted octanol–water partition coefficient (Wildman–Crippen LogP) is 8.81. The van der Waals surface area contributed by atoms with E-state index in [9.17, 15) is 0 Å². The Balaban J connectivity index is 4.01. The zero-order valence-electron chi connectivity index (χ0n) is 12.6. The van der Waals surface area contributed by atoms with Crippen LogP contribution in [0.5, 0.6) is 0 Å². The largest absolute Gasteiger partial charge is 0.0991 e. The van der Waals surface area contributed by atoms with Gasteiger partial charge in [0.1, 0.15) is 0 Å². The van der Waals surface area contributed by atoms with E-state index < -0.39 is 0 Å². The third-order valence-electron chi connectivity index (χ3n) is 1.81. The molecule has 0 aliphatic rings.